The van der Waals surface area contributed by atoms with E-state index in [1.807, 2.05) is 0 Å². The molecule has 1 N–H and O–H groups in total. The average molecular weight is 275 g/mol. The Morgan fingerprint density at radius 2 is 1.85 bits per heavy atom. The minimum Gasteiger partial charge on any atom is -0.353 e. The van der Waals surface area contributed by atoms with E-state index in [2.05, 4.69) is 36.9 Å². The Bertz CT molecular complexity index is 445. The largest absolute Gasteiger partial charge is 0.353 e. The molecule has 1 heterocycles. The lowest BCUT2D eigenvalue weighted by molar-refractivity contribution is 0.260. The molecule has 0 amide bonds. The van der Waals surface area contributed by atoms with Crippen molar-refractivity contribution < 1.29 is 0 Å². The standard InChI is InChI=1S/C17H29N3/c1-12-8-9-15(10-13(12)2)19-17-18-14(3)11-20(17)16-6-4-5-7-16/h11-13,15-16H,4-10H2,1-3H3,(H,18,19). The molecular weight excluding hydrogens is 246 g/mol. The van der Waals surface area contributed by atoms with E-state index >= 15 is 0 Å². The van der Waals surface area contributed by atoms with Gasteiger partial charge in [0.25, 0.3) is 0 Å². The molecule has 112 valence electrons. The van der Waals surface area contributed by atoms with Gasteiger partial charge in [-0.2, -0.15) is 0 Å². The molecule has 20 heavy (non-hydrogen) atoms. The van der Waals surface area contributed by atoms with Crippen LogP contribution in [0.15, 0.2) is 6.20 Å². The third-order valence-corrected chi connectivity index (χ3v) is 5.50. The summed E-state index contributed by atoms with van der Waals surface area (Å²) in [5, 5.41) is 3.75. The van der Waals surface area contributed by atoms with E-state index in [1.54, 1.807) is 0 Å². The Kier molecular flexibility index (Phi) is 4.04. The summed E-state index contributed by atoms with van der Waals surface area (Å²) < 4.78 is 2.42. The average Bonchev–Trinajstić information content (AvgIpc) is 3.03. The van der Waals surface area contributed by atoms with Crippen molar-refractivity contribution in [2.45, 2.75) is 77.8 Å². The van der Waals surface area contributed by atoms with Gasteiger partial charge in [0.2, 0.25) is 5.95 Å². The van der Waals surface area contributed by atoms with Gasteiger partial charge in [0.15, 0.2) is 0 Å². The van der Waals surface area contributed by atoms with Gasteiger partial charge in [-0.3, -0.25) is 0 Å². The van der Waals surface area contributed by atoms with Crippen LogP contribution in [-0.2, 0) is 0 Å². The zero-order chi connectivity index (χ0) is 14.1. The van der Waals surface area contributed by atoms with E-state index in [4.69, 9.17) is 4.98 Å². The van der Waals surface area contributed by atoms with Crippen molar-refractivity contribution in [1.82, 2.24) is 9.55 Å². The summed E-state index contributed by atoms with van der Waals surface area (Å²) in [6.07, 6.45) is 11.6. The lowest BCUT2D eigenvalue weighted by Crippen LogP contribution is -2.31. The van der Waals surface area contributed by atoms with Crippen molar-refractivity contribution in [3.8, 4) is 0 Å². The highest BCUT2D eigenvalue weighted by molar-refractivity contribution is 5.31. The Balaban J connectivity index is 1.70. The van der Waals surface area contributed by atoms with Crippen molar-refractivity contribution in [3.63, 3.8) is 0 Å². The molecule has 0 aliphatic heterocycles. The molecule has 3 nitrogen and oxygen atoms in total. The normalized spacial score (nSPS) is 31.6. The van der Waals surface area contributed by atoms with Crippen LogP contribution in [-0.4, -0.2) is 15.6 Å². The van der Waals surface area contributed by atoms with Crippen LogP contribution in [0.4, 0.5) is 5.95 Å². The van der Waals surface area contributed by atoms with Crippen LogP contribution in [0, 0.1) is 18.8 Å². The predicted molar refractivity (Wildman–Crippen MR) is 84.1 cm³/mol. The van der Waals surface area contributed by atoms with Gasteiger partial charge in [0.1, 0.15) is 0 Å². The van der Waals surface area contributed by atoms with Crippen molar-refractivity contribution in [2.75, 3.05) is 5.32 Å². The Morgan fingerprint density at radius 3 is 2.55 bits per heavy atom. The summed E-state index contributed by atoms with van der Waals surface area (Å²) in [4.78, 5) is 4.75. The van der Waals surface area contributed by atoms with Gasteiger partial charge < -0.3 is 9.88 Å². The first-order chi connectivity index (χ1) is 9.63. The van der Waals surface area contributed by atoms with Gasteiger partial charge in [-0.05, 0) is 50.9 Å². The zero-order valence-corrected chi connectivity index (χ0v) is 13.2. The summed E-state index contributed by atoms with van der Waals surface area (Å²) in [6, 6.07) is 1.29. The topological polar surface area (TPSA) is 29.9 Å². The summed E-state index contributed by atoms with van der Waals surface area (Å²) >= 11 is 0. The quantitative estimate of drug-likeness (QED) is 0.877. The molecule has 1 aromatic heterocycles. The first-order valence-electron chi connectivity index (χ1n) is 8.45. The molecule has 2 aliphatic carbocycles. The summed E-state index contributed by atoms with van der Waals surface area (Å²) in [7, 11) is 0. The monoisotopic (exact) mass is 275 g/mol. The fourth-order valence-corrected chi connectivity index (χ4v) is 3.94. The Hall–Kier alpha value is -0.990. The molecule has 2 fully saturated rings. The number of anilines is 1. The predicted octanol–water partition coefficient (Wildman–Crippen LogP) is 4.54. The smallest absolute Gasteiger partial charge is 0.203 e. The number of hydrogen-bond acceptors (Lipinski definition) is 2. The first kappa shape index (κ1) is 14.0. The highest BCUT2D eigenvalue weighted by Crippen LogP contribution is 2.34. The number of hydrogen-bond donors (Lipinski definition) is 1. The molecule has 2 saturated carbocycles. The number of nitrogens with zero attached hydrogens (tertiary/aromatic N) is 2. The molecule has 0 saturated heterocycles. The Labute approximate surface area is 123 Å². The maximum atomic E-state index is 4.75. The van der Waals surface area contributed by atoms with Crippen molar-refractivity contribution in [2.24, 2.45) is 11.8 Å². The molecule has 0 aromatic carbocycles. The van der Waals surface area contributed by atoms with Crippen LogP contribution >= 0.6 is 0 Å². The van der Waals surface area contributed by atoms with Gasteiger partial charge in [0.05, 0.1) is 5.69 Å². The molecular formula is C17H29N3. The molecule has 1 aromatic rings. The van der Waals surface area contributed by atoms with Gasteiger partial charge in [-0.1, -0.05) is 26.7 Å². The highest BCUT2D eigenvalue weighted by atomic mass is 15.2. The number of aromatic nitrogens is 2. The summed E-state index contributed by atoms with van der Waals surface area (Å²) in [5.41, 5.74) is 1.15. The fourth-order valence-electron chi connectivity index (χ4n) is 3.94. The van der Waals surface area contributed by atoms with E-state index in [-0.39, 0.29) is 0 Å². The molecule has 3 rings (SSSR count). The second-order valence-electron chi connectivity index (χ2n) is 7.16. The van der Waals surface area contributed by atoms with Crippen LogP contribution in [0.5, 0.6) is 0 Å². The van der Waals surface area contributed by atoms with Crippen molar-refractivity contribution >= 4 is 5.95 Å². The minimum absolute atomic E-state index is 0.614. The summed E-state index contributed by atoms with van der Waals surface area (Å²) in [6.45, 7) is 6.90. The molecule has 0 radical (unpaired) electrons. The van der Waals surface area contributed by atoms with E-state index in [0.29, 0.717) is 12.1 Å². The molecule has 0 bridgehead atoms. The van der Waals surface area contributed by atoms with E-state index in [0.717, 1.165) is 23.5 Å². The first-order valence-corrected chi connectivity index (χ1v) is 8.45. The maximum absolute atomic E-state index is 4.75. The second kappa shape index (κ2) is 5.79. The molecule has 2 aliphatic rings. The lowest BCUT2D eigenvalue weighted by atomic mass is 9.79. The number of aryl methyl sites for hydroxylation is 1. The molecule has 3 unspecified atom stereocenters. The maximum Gasteiger partial charge on any atom is 0.203 e. The Morgan fingerprint density at radius 1 is 1.10 bits per heavy atom. The lowest BCUT2D eigenvalue weighted by Gasteiger charge is -2.33. The van der Waals surface area contributed by atoms with Gasteiger partial charge in [-0.25, -0.2) is 4.98 Å². The van der Waals surface area contributed by atoms with Gasteiger partial charge in [0, 0.05) is 18.3 Å². The number of rotatable bonds is 3. The van der Waals surface area contributed by atoms with E-state index < -0.39 is 0 Å². The van der Waals surface area contributed by atoms with Crippen LogP contribution in [0.25, 0.3) is 0 Å². The van der Waals surface area contributed by atoms with Crippen LogP contribution < -0.4 is 5.32 Å². The van der Waals surface area contributed by atoms with Gasteiger partial charge in [-0.15, -0.1) is 0 Å². The SMILES string of the molecule is Cc1cn(C2CCCC2)c(NC2CCC(C)C(C)C2)n1. The van der Waals surface area contributed by atoms with E-state index in [9.17, 15) is 0 Å². The van der Waals surface area contributed by atoms with Gasteiger partial charge >= 0.3 is 0 Å². The van der Waals surface area contributed by atoms with Crippen LogP contribution in [0.2, 0.25) is 0 Å². The fraction of sp³-hybridized carbons (Fsp3) is 0.824. The number of nitrogens with one attached hydrogen (secondary N) is 1. The molecule has 3 heteroatoms. The molecule has 0 spiro atoms. The van der Waals surface area contributed by atoms with Crippen LogP contribution in [0.3, 0.4) is 0 Å². The van der Waals surface area contributed by atoms with Crippen molar-refractivity contribution in [1.29, 1.82) is 0 Å². The van der Waals surface area contributed by atoms with Crippen LogP contribution in [0.1, 0.15) is 70.5 Å². The third kappa shape index (κ3) is 2.87. The van der Waals surface area contributed by atoms with E-state index in [1.165, 1.54) is 44.9 Å². The second-order valence-corrected chi connectivity index (χ2v) is 7.16. The van der Waals surface area contributed by atoms with Crippen molar-refractivity contribution in [3.05, 3.63) is 11.9 Å². The zero-order valence-electron chi connectivity index (χ0n) is 13.2. The number of imidazole rings is 1. The minimum atomic E-state index is 0.614. The molecule has 3 atom stereocenters. The summed E-state index contributed by atoms with van der Waals surface area (Å²) in [5.74, 6) is 2.84. The third-order valence-electron chi connectivity index (χ3n) is 5.50. The highest BCUT2D eigenvalue weighted by Gasteiger charge is 2.26.